The van der Waals surface area contributed by atoms with Crippen LogP contribution in [0.5, 0.6) is 0 Å². The summed E-state index contributed by atoms with van der Waals surface area (Å²) >= 11 is 0. The molecule has 6 aromatic carbocycles. The highest BCUT2D eigenvalue weighted by Crippen LogP contribution is 2.39. The van der Waals surface area contributed by atoms with Crippen LogP contribution in [0.1, 0.15) is 0 Å². The first kappa shape index (κ1) is 21.0. The van der Waals surface area contributed by atoms with Crippen LogP contribution in [0, 0.1) is 0 Å². The molecule has 0 atom stereocenters. The third kappa shape index (κ3) is 3.07. The molecule has 0 bridgehead atoms. The number of aromatic amines is 1. The Balaban J connectivity index is 1.36. The van der Waals surface area contributed by atoms with Gasteiger partial charge in [0.2, 0.25) is 0 Å². The van der Waals surface area contributed by atoms with Gasteiger partial charge in [-0.05, 0) is 46.5 Å². The van der Waals surface area contributed by atoms with E-state index in [2.05, 4.69) is 149 Å². The third-order valence-corrected chi connectivity index (χ3v) is 7.76. The van der Waals surface area contributed by atoms with Crippen LogP contribution in [0.4, 0.5) is 0 Å². The van der Waals surface area contributed by atoms with E-state index in [1.807, 2.05) is 0 Å². The van der Waals surface area contributed by atoms with E-state index in [1.54, 1.807) is 0 Å². The molecule has 2 aromatic heterocycles. The standard InChI is InChI=1S/C36H24N2/c1-2-10-24(11-3-1)27-12-4-5-13-28(27)25-18-20-26(21-19-25)38-34-17-9-7-15-30(34)32-23-22-31-29-14-6-8-16-33(29)37-35(31)36(32)38/h1-23,37H. The van der Waals surface area contributed by atoms with Crippen molar-refractivity contribution in [3.8, 4) is 27.9 Å². The lowest BCUT2D eigenvalue weighted by Crippen LogP contribution is -1.94. The van der Waals surface area contributed by atoms with Gasteiger partial charge in [0.25, 0.3) is 0 Å². The summed E-state index contributed by atoms with van der Waals surface area (Å²) in [5.41, 5.74) is 10.9. The van der Waals surface area contributed by atoms with Gasteiger partial charge in [-0.15, -0.1) is 0 Å². The number of fused-ring (bicyclic) bond motifs is 7. The van der Waals surface area contributed by atoms with E-state index in [0.717, 1.165) is 5.69 Å². The lowest BCUT2D eigenvalue weighted by Gasteiger charge is -2.13. The lowest BCUT2D eigenvalue weighted by molar-refractivity contribution is 1.18. The second-order valence-electron chi connectivity index (χ2n) is 9.87. The molecule has 2 heterocycles. The zero-order chi connectivity index (χ0) is 25.1. The predicted molar refractivity (Wildman–Crippen MR) is 161 cm³/mol. The van der Waals surface area contributed by atoms with Crippen molar-refractivity contribution >= 4 is 43.6 Å². The molecule has 0 amide bonds. The van der Waals surface area contributed by atoms with Crippen molar-refractivity contribution < 1.29 is 0 Å². The molecule has 1 N–H and O–H groups in total. The van der Waals surface area contributed by atoms with Crippen molar-refractivity contribution in [2.24, 2.45) is 0 Å². The number of hydrogen-bond acceptors (Lipinski definition) is 0. The highest BCUT2D eigenvalue weighted by Gasteiger charge is 2.17. The normalized spacial score (nSPS) is 11.7. The first-order valence-corrected chi connectivity index (χ1v) is 13.0. The van der Waals surface area contributed by atoms with E-state index in [1.165, 1.54) is 65.9 Å². The molecule has 8 aromatic rings. The lowest BCUT2D eigenvalue weighted by atomic mass is 9.94. The zero-order valence-corrected chi connectivity index (χ0v) is 20.7. The zero-order valence-electron chi connectivity index (χ0n) is 20.7. The number of H-pyrrole nitrogens is 1. The first-order valence-electron chi connectivity index (χ1n) is 13.0. The highest BCUT2D eigenvalue weighted by atomic mass is 15.0. The van der Waals surface area contributed by atoms with E-state index in [0.29, 0.717) is 0 Å². The van der Waals surface area contributed by atoms with Gasteiger partial charge in [-0.25, -0.2) is 0 Å². The van der Waals surface area contributed by atoms with E-state index < -0.39 is 0 Å². The molecule has 2 nitrogen and oxygen atoms in total. The summed E-state index contributed by atoms with van der Waals surface area (Å²) in [6, 6.07) is 50.1. The van der Waals surface area contributed by atoms with Gasteiger partial charge < -0.3 is 9.55 Å². The molecule has 0 fully saturated rings. The van der Waals surface area contributed by atoms with Gasteiger partial charge >= 0.3 is 0 Å². The molecule has 0 aliphatic rings. The Hall–Kier alpha value is -5.08. The minimum Gasteiger partial charge on any atom is -0.353 e. The topological polar surface area (TPSA) is 20.7 Å². The summed E-state index contributed by atoms with van der Waals surface area (Å²) in [5.74, 6) is 0. The summed E-state index contributed by atoms with van der Waals surface area (Å²) in [4.78, 5) is 3.73. The van der Waals surface area contributed by atoms with Crippen LogP contribution in [0.2, 0.25) is 0 Å². The SMILES string of the molecule is c1ccc(-c2ccccc2-c2ccc(-n3c4ccccc4c4ccc5c6ccccc6[nH]c5c43)cc2)cc1. The minimum absolute atomic E-state index is 1.16. The highest BCUT2D eigenvalue weighted by molar-refractivity contribution is 6.22. The van der Waals surface area contributed by atoms with Gasteiger partial charge in [-0.1, -0.05) is 115 Å². The fourth-order valence-corrected chi connectivity index (χ4v) is 6.03. The van der Waals surface area contributed by atoms with E-state index in [9.17, 15) is 0 Å². The Labute approximate surface area is 220 Å². The molecule has 38 heavy (non-hydrogen) atoms. The van der Waals surface area contributed by atoms with Gasteiger partial charge in [0.1, 0.15) is 0 Å². The molecule has 0 saturated heterocycles. The smallest absolute Gasteiger partial charge is 0.0783 e. The molecule has 178 valence electrons. The van der Waals surface area contributed by atoms with Gasteiger partial charge in [0.05, 0.1) is 16.6 Å². The average molecular weight is 485 g/mol. The summed E-state index contributed by atoms with van der Waals surface area (Å²) in [5, 5.41) is 5.04. The minimum atomic E-state index is 1.16. The van der Waals surface area contributed by atoms with Crippen molar-refractivity contribution in [3.05, 3.63) is 140 Å². The van der Waals surface area contributed by atoms with Crippen molar-refractivity contribution in [2.45, 2.75) is 0 Å². The fourth-order valence-electron chi connectivity index (χ4n) is 6.03. The van der Waals surface area contributed by atoms with Crippen LogP contribution in [0.15, 0.2) is 140 Å². The summed E-state index contributed by atoms with van der Waals surface area (Å²) in [7, 11) is 0. The molecule has 0 unspecified atom stereocenters. The predicted octanol–water partition coefficient (Wildman–Crippen LogP) is 9.75. The Morgan fingerprint density at radius 1 is 0.421 bits per heavy atom. The number of hydrogen-bond donors (Lipinski definition) is 1. The van der Waals surface area contributed by atoms with Crippen LogP contribution < -0.4 is 0 Å². The Morgan fingerprint density at radius 2 is 1.03 bits per heavy atom. The number of rotatable bonds is 3. The second kappa shape index (κ2) is 8.22. The number of aromatic nitrogens is 2. The molecule has 0 spiro atoms. The summed E-state index contributed by atoms with van der Waals surface area (Å²) < 4.78 is 2.41. The molecule has 8 rings (SSSR count). The molecular weight excluding hydrogens is 460 g/mol. The van der Waals surface area contributed by atoms with Crippen LogP contribution >= 0.6 is 0 Å². The third-order valence-electron chi connectivity index (χ3n) is 7.76. The maximum atomic E-state index is 3.73. The van der Waals surface area contributed by atoms with Crippen LogP contribution in [0.25, 0.3) is 71.6 Å². The van der Waals surface area contributed by atoms with Gasteiger partial charge in [0.15, 0.2) is 0 Å². The van der Waals surface area contributed by atoms with Crippen LogP contribution in [-0.2, 0) is 0 Å². The van der Waals surface area contributed by atoms with Crippen molar-refractivity contribution in [1.82, 2.24) is 9.55 Å². The number of nitrogens with one attached hydrogen (secondary N) is 1. The van der Waals surface area contributed by atoms with E-state index in [4.69, 9.17) is 0 Å². The van der Waals surface area contributed by atoms with Crippen molar-refractivity contribution in [1.29, 1.82) is 0 Å². The Morgan fingerprint density at radius 3 is 1.82 bits per heavy atom. The number of para-hydroxylation sites is 2. The van der Waals surface area contributed by atoms with Gasteiger partial charge in [-0.2, -0.15) is 0 Å². The van der Waals surface area contributed by atoms with Crippen LogP contribution in [-0.4, -0.2) is 9.55 Å². The second-order valence-corrected chi connectivity index (χ2v) is 9.87. The van der Waals surface area contributed by atoms with E-state index >= 15 is 0 Å². The summed E-state index contributed by atoms with van der Waals surface area (Å²) in [6.45, 7) is 0. The Bertz CT molecular complexity index is 2110. The molecule has 0 aliphatic heterocycles. The van der Waals surface area contributed by atoms with E-state index in [-0.39, 0.29) is 0 Å². The molecule has 0 saturated carbocycles. The van der Waals surface area contributed by atoms with Crippen molar-refractivity contribution in [2.75, 3.05) is 0 Å². The largest absolute Gasteiger partial charge is 0.353 e. The number of nitrogens with zero attached hydrogens (tertiary/aromatic N) is 1. The maximum absolute atomic E-state index is 3.73. The molecule has 0 radical (unpaired) electrons. The number of benzene rings is 6. The molecule has 0 aliphatic carbocycles. The monoisotopic (exact) mass is 484 g/mol. The van der Waals surface area contributed by atoms with Crippen molar-refractivity contribution in [3.63, 3.8) is 0 Å². The van der Waals surface area contributed by atoms with Crippen LogP contribution in [0.3, 0.4) is 0 Å². The first-order chi connectivity index (χ1) is 18.9. The average Bonchev–Trinajstić information content (AvgIpc) is 3.54. The quantitative estimate of drug-likeness (QED) is 0.258. The Kier molecular flexibility index (Phi) is 4.55. The fraction of sp³-hybridized carbons (Fsp3) is 0. The molecular formula is C36H24N2. The maximum Gasteiger partial charge on any atom is 0.0783 e. The summed E-state index contributed by atoms with van der Waals surface area (Å²) in [6.07, 6.45) is 0. The van der Waals surface area contributed by atoms with Gasteiger partial charge in [0, 0.05) is 32.7 Å². The van der Waals surface area contributed by atoms with Gasteiger partial charge in [-0.3, -0.25) is 0 Å². The molecule has 2 heteroatoms.